The van der Waals surface area contributed by atoms with Gasteiger partial charge in [-0.05, 0) is 36.6 Å². The molecule has 2 N–H and O–H groups in total. The smallest absolute Gasteiger partial charge is 0.335 e. The fraction of sp³-hybridized carbons (Fsp3) is 0.708. The van der Waals surface area contributed by atoms with Gasteiger partial charge in [0, 0.05) is 0 Å². The highest BCUT2D eigenvalue weighted by molar-refractivity contribution is 5.89. The molecule has 0 saturated carbocycles. The fourth-order valence-electron chi connectivity index (χ4n) is 3.68. The van der Waals surface area contributed by atoms with Crippen molar-refractivity contribution in [1.82, 2.24) is 0 Å². The van der Waals surface area contributed by atoms with E-state index in [4.69, 9.17) is 0 Å². The zero-order valence-corrected chi connectivity index (χ0v) is 17.3. The van der Waals surface area contributed by atoms with Gasteiger partial charge in [-0.2, -0.15) is 0 Å². The first kappa shape index (κ1) is 23.5. The summed E-state index contributed by atoms with van der Waals surface area (Å²) in [5.41, 5.74) is 1.07. The second-order valence-electron chi connectivity index (χ2n) is 7.85. The molecule has 0 bridgehead atoms. The number of aryl methyl sites for hydroxylation is 1. The number of benzene rings is 1. The predicted octanol–water partition coefficient (Wildman–Crippen LogP) is 7.50. The second kappa shape index (κ2) is 15.5. The van der Waals surface area contributed by atoms with Crippen molar-refractivity contribution in [3.63, 3.8) is 0 Å². The maximum atomic E-state index is 11.2. The van der Waals surface area contributed by atoms with Gasteiger partial charge in [-0.25, -0.2) is 4.79 Å². The van der Waals surface area contributed by atoms with E-state index in [-0.39, 0.29) is 5.75 Å². The summed E-state index contributed by atoms with van der Waals surface area (Å²) < 4.78 is 0. The van der Waals surface area contributed by atoms with Crippen molar-refractivity contribution in [2.75, 3.05) is 0 Å². The number of aromatic hydroxyl groups is 1. The molecular formula is C24H40O3. The lowest BCUT2D eigenvalue weighted by Gasteiger charge is -2.07. The van der Waals surface area contributed by atoms with E-state index in [9.17, 15) is 15.0 Å². The Labute approximate surface area is 166 Å². The van der Waals surface area contributed by atoms with Crippen LogP contribution in [0.2, 0.25) is 0 Å². The minimum absolute atomic E-state index is 0.149. The number of aromatic carboxylic acids is 1. The number of phenols is 1. The molecule has 0 fully saturated rings. The molecule has 0 aliphatic heterocycles. The minimum atomic E-state index is -0.911. The van der Waals surface area contributed by atoms with Crippen molar-refractivity contribution >= 4 is 5.97 Å². The molecule has 1 rings (SSSR count). The second-order valence-corrected chi connectivity index (χ2v) is 7.85. The third kappa shape index (κ3) is 11.7. The van der Waals surface area contributed by atoms with E-state index in [1.165, 1.54) is 95.6 Å². The Kier molecular flexibility index (Phi) is 13.5. The highest BCUT2D eigenvalue weighted by Gasteiger charge is 2.10. The molecule has 3 nitrogen and oxygen atoms in total. The van der Waals surface area contributed by atoms with E-state index in [1.807, 2.05) is 0 Å². The Morgan fingerprint density at radius 2 is 1.19 bits per heavy atom. The van der Waals surface area contributed by atoms with Gasteiger partial charge < -0.3 is 10.2 Å². The molecule has 0 unspecified atom stereocenters. The van der Waals surface area contributed by atoms with Crippen LogP contribution in [-0.4, -0.2) is 16.2 Å². The van der Waals surface area contributed by atoms with E-state index < -0.39 is 5.97 Å². The van der Waals surface area contributed by atoms with E-state index in [1.54, 1.807) is 6.07 Å². The summed E-state index contributed by atoms with van der Waals surface area (Å²) in [4.78, 5) is 11.2. The van der Waals surface area contributed by atoms with Gasteiger partial charge in [-0.3, -0.25) is 0 Å². The van der Waals surface area contributed by atoms with Crippen molar-refractivity contribution in [3.8, 4) is 5.75 Å². The first-order valence-corrected chi connectivity index (χ1v) is 11.2. The van der Waals surface area contributed by atoms with Crippen LogP contribution in [0.5, 0.6) is 5.75 Å². The number of carboxylic acid groups (broad SMARTS) is 1. The van der Waals surface area contributed by atoms with Crippen LogP contribution < -0.4 is 0 Å². The van der Waals surface area contributed by atoms with Crippen LogP contribution >= 0.6 is 0 Å². The Morgan fingerprint density at radius 3 is 1.63 bits per heavy atom. The number of carboxylic acids is 1. The Bertz CT molecular complexity index is 510. The van der Waals surface area contributed by atoms with Crippen molar-refractivity contribution in [2.24, 2.45) is 0 Å². The molecular weight excluding hydrogens is 336 g/mol. The highest BCUT2D eigenvalue weighted by Crippen LogP contribution is 2.20. The third-order valence-corrected chi connectivity index (χ3v) is 5.37. The van der Waals surface area contributed by atoms with Crippen LogP contribution in [0.15, 0.2) is 18.2 Å². The van der Waals surface area contributed by atoms with Gasteiger partial charge >= 0.3 is 5.97 Å². The van der Waals surface area contributed by atoms with Crippen molar-refractivity contribution in [2.45, 2.75) is 110 Å². The predicted molar refractivity (Wildman–Crippen MR) is 114 cm³/mol. The molecule has 0 atom stereocenters. The molecule has 0 saturated heterocycles. The van der Waals surface area contributed by atoms with Gasteiger partial charge in [0.1, 0.15) is 5.75 Å². The van der Waals surface area contributed by atoms with Gasteiger partial charge in [-0.15, -0.1) is 0 Å². The molecule has 0 heterocycles. The zero-order valence-electron chi connectivity index (χ0n) is 17.3. The highest BCUT2D eigenvalue weighted by atomic mass is 16.4. The number of rotatable bonds is 17. The van der Waals surface area contributed by atoms with Crippen molar-refractivity contribution < 1.29 is 15.0 Å². The molecule has 0 aromatic heterocycles. The van der Waals surface area contributed by atoms with Gasteiger partial charge in [0.05, 0.1) is 5.56 Å². The van der Waals surface area contributed by atoms with E-state index in [0.29, 0.717) is 5.56 Å². The molecule has 0 aliphatic rings. The van der Waals surface area contributed by atoms with Gasteiger partial charge in [-0.1, -0.05) is 96.8 Å². The van der Waals surface area contributed by atoms with Crippen LogP contribution in [0, 0.1) is 0 Å². The lowest BCUT2D eigenvalue weighted by Crippen LogP contribution is -2.02. The summed E-state index contributed by atoms with van der Waals surface area (Å²) in [6.45, 7) is 2.27. The first-order valence-electron chi connectivity index (χ1n) is 11.2. The quantitative estimate of drug-likeness (QED) is 0.277. The van der Waals surface area contributed by atoms with Crippen LogP contribution in [0.3, 0.4) is 0 Å². The summed E-state index contributed by atoms with van der Waals surface area (Å²) in [7, 11) is 0. The molecule has 1 aromatic rings. The molecule has 0 aliphatic carbocycles. The Balaban J connectivity index is 1.94. The van der Waals surface area contributed by atoms with Gasteiger partial charge in [0.2, 0.25) is 0 Å². The summed E-state index contributed by atoms with van der Waals surface area (Å²) >= 11 is 0. The molecule has 1 aromatic carbocycles. The maximum absolute atomic E-state index is 11.2. The number of hydrogen-bond acceptors (Lipinski definition) is 2. The lowest BCUT2D eigenvalue weighted by atomic mass is 9.99. The maximum Gasteiger partial charge on any atom is 0.335 e. The third-order valence-electron chi connectivity index (χ3n) is 5.37. The topological polar surface area (TPSA) is 57.5 Å². The lowest BCUT2D eigenvalue weighted by molar-refractivity contribution is 0.0695. The first-order chi connectivity index (χ1) is 13.1. The van der Waals surface area contributed by atoms with Crippen molar-refractivity contribution in [3.05, 3.63) is 29.3 Å². The molecule has 0 amide bonds. The molecule has 3 heteroatoms. The molecule has 0 spiro atoms. The minimum Gasteiger partial charge on any atom is -0.508 e. The SMILES string of the molecule is CCCCCCCCCCCCCCCCCc1cc(O)ccc1C(=O)O. The van der Waals surface area contributed by atoms with Crippen LogP contribution in [0.25, 0.3) is 0 Å². The van der Waals surface area contributed by atoms with Crippen LogP contribution in [0.1, 0.15) is 119 Å². The summed E-state index contributed by atoms with van der Waals surface area (Å²) in [6, 6.07) is 4.53. The average molecular weight is 377 g/mol. The summed E-state index contributed by atoms with van der Waals surface area (Å²) in [6.07, 6.45) is 20.6. The Morgan fingerprint density at radius 1 is 0.741 bits per heavy atom. The number of phenolic OH excluding ortho intramolecular Hbond substituents is 1. The standard InChI is InChI=1S/C24H40O3/c1-2-3-4-5-6-7-8-9-10-11-12-13-14-15-16-17-21-20-22(25)18-19-23(21)24(26)27/h18-20,25H,2-17H2,1H3,(H,26,27). The molecule has 0 radical (unpaired) electrons. The van der Waals surface area contributed by atoms with E-state index in [2.05, 4.69) is 6.92 Å². The monoisotopic (exact) mass is 376 g/mol. The van der Waals surface area contributed by atoms with Gasteiger partial charge in [0.15, 0.2) is 0 Å². The largest absolute Gasteiger partial charge is 0.508 e. The van der Waals surface area contributed by atoms with E-state index >= 15 is 0 Å². The number of carbonyl (C=O) groups is 1. The van der Waals surface area contributed by atoms with Crippen LogP contribution in [-0.2, 0) is 6.42 Å². The van der Waals surface area contributed by atoms with Crippen LogP contribution in [0.4, 0.5) is 0 Å². The molecule has 27 heavy (non-hydrogen) atoms. The zero-order chi connectivity index (χ0) is 19.7. The summed E-state index contributed by atoms with van der Waals surface area (Å²) in [5.74, 6) is -0.762. The molecule has 154 valence electrons. The Hall–Kier alpha value is -1.51. The fourth-order valence-corrected chi connectivity index (χ4v) is 3.68. The van der Waals surface area contributed by atoms with Crippen molar-refractivity contribution in [1.29, 1.82) is 0 Å². The summed E-state index contributed by atoms with van der Waals surface area (Å²) in [5, 5.41) is 18.8. The average Bonchev–Trinajstić information content (AvgIpc) is 2.64. The normalized spacial score (nSPS) is 11.0. The number of unbranched alkanes of at least 4 members (excludes halogenated alkanes) is 14. The van der Waals surface area contributed by atoms with E-state index in [0.717, 1.165) is 24.8 Å². The van der Waals surface area contributed by atoms with Gasteiger partial charge in [0.25, 0.3) is 0 Å². The number of hydrogen-bond donors (Lipinski definition) is 2.